The zero-order valence-corrected chi connectivity index (χ0v) is 23.0. The zero-order valence-electron chi connectivity index (χ0n) is 22.2. The van der Waals surface area contributed by atoms with E-state index in [1.54, 1.807) is 0 Å². The smallest absolute Gasteiger partial charge is 0.174 e. The van der Waals surface area contributed by atoms with Crippen molar-refractivity contribution in [3.05, 3.63) is 107 Å². The Morgan fingerprint density at radius 3 is 2.43 bits per heavy atom. The third-order valence-corrected chi connectivity index (χ3v) is 7.55. The minimum atomic E-state index is -0.0864. The van der Waals surface area contributed by atoms with Crippen molar-refractivity contribution in [3.8, 4) is 11.4 Å². The van der Waals surface area contributed by atoms with Gasteiger partial charge < -0.3 is 19.5 Å². The maximum atomic E-state index is 5.95. The van der Waals surface area contributed by atoms with Crippen molar-refractivity contribution in [1.29, 1.82) is 0 Å². The van der Waals surface area contributed by atoms with E-state index in [2.05, 4.69) is 84.9 Å². The minimum absolute atomic E-state index is 0.0608. The van der Waals surface area contributed by atoms with Crippen LogP contribution < -0.4 is 15.0 Å². The predicted molar refractivity (Wildman–Crippen MR) is 155 cm³/mol. The Labute approximate surface area is 225 Å². The number of hydrogen-bond donors (Lipinski definition) is 1. The number of rotatable bonds is 7. The quantitative estimate of drug-likeness (QED) is 0.273. The first-order chi connectivity index (χ1) is 17.9. The van der Waals surface area contributed by atoms with Crippen molar-refractivity contribution in [3.63, 3.8) is 0 Å². The molecule has 6 heteroatoms. The standard InChI is InChI=1S/C31H34N4OS/c1-6-23-12-10-11-20(3)29(23)34-21(4)19-26(22(34)5)30-28(27-13-8-9-18-32-27)33-31(37)35(30)24-14-16-25(17-15-24)36-7-2/h8-19,28,30H,6-7H2,1-5H3,(H,33,37)/t28-,30-/m0/s1. The van der Waals surface area contributed by atoms with Crippen molar-refractivity contribution in [2.45, 2.75) is 53.1 Å². The molecule has 0 unspecified atom stereocenters. The van der Waals surface area contributed by atoms with Gasteiger partial charge in [-0.3, -0.25) is 4.98 Å². The molecule has 0 aliphatic carbocycles. The molecular weight excluding hydrogens is 476 g/mol. The summed E-state index contributed by atoms with van der Waals surface area (Å²) < 4.78 is 8.11. The summed E-state index contributed by atoms with van der Waals surface area (Å²) in [5, 5.41) is 4.29. The second kappa shape index (κ2) is 10.4. The van der Waals surface area contributed by atoms with Crippen LogP contribution in [0.5, 0.6) is 5.75 Å². The van der Waals surface area contributed by atoms with E-state index in [9.17, 15) is 0 Å². The Hall–Kier alpha value is -3.64. The minimum Gasteiger partial charge on any atom is -0.494 e. The van der Waals surface area contributed by atoms with Gasteiger partial charge in [-0.1, -0.05) is 31.2 Å². The molecule has 190 valence electrons. The lowest BCUT2D eigenvalue weighted by molar-refractivity contribution is 0.340. The van der Waals surface area contributed by atoms with Crippen molar-refractivity contribution in [1.82, 2.24) is 14.9 Å². The van der Waals surface area contributed by atoms with Gasteiger partial charge in [-0.25, -0.2) is 0 Å². The molecule has 5 rings (SSSR count). The summed E-state index contributed by atoms with van der Waals surface area (Å²) >= 11 is 5.95. The average molecular weight is 511 g/mol. The molecule has 0 amide bonds. The lowest BCUT2D eigenvalue weighted by atomic mass is 9.96. The van der Waals surface area contributed by atoms with E-state index in [4.69, 9.17) is 21.9 Å². The van der Waals surface area contributed by atoms with Crippen LogP contribution in [0.25, 0.3) is 5.69 Å². The molecule has 1 aliphatic heterocycles. The zero-order chi connectivity index (χ0) is 26.1. The largest absolute Gasteiger partial charge is 0.494 e. The fourth-order valence-electron chi connectivity index (χ4n) is 5.57. The number of hydrogen-bond acceptors (Lipinski definition) is 3. The molecule has 2 aromatic carbocycles. The second-order valence-corrected chi connectivity index (χ2v) is 9.91. The number of pyridine rings is 1. The molecule has 0 radical (unpaired) electrons. The molecule has 1 N–H and O–H groups in total. The van der Waals surface area contributed by atoms with Crippen LogP contribution in [0.2, 0.25) is 0 Å². The molecule has 0 saturated carbocycles. The van der Waals surface area contributed by atoms with Crippen LogP contribution in [-0.2, 0) is 6.42 Å². The molecule has 0 bridgehead atoms. The van der Waals surface area contributed by atoms with Gasteiger partial charge in [0.25, 0.3) is 0 Å². The lowest BCUT2D eigenvalue weighted by Crippen LogP contribution is -2.29. The summed E-state index contributed by atoms with van der Waals surface area (Å²) in [6, 6.07) is 23.0. The number of aryl methyl sites for hydroxylation is 3. The summed E-state index contributed by atoms with van der Waals surface area (Å²) in [6.07, 6.45) is 2.83. The van der Waals surface area contributed by atoms with Crippen molar-refractivity contribution < 1.29 is 4.74 Å². The molecule has 4 aromatic rings. The summed E-state index contributed by atoms with van der Waals surface area (Å²) in [5.41, 5.74) is 9.56. The predicted octanol–water partition coefficient (Wildman–Crippen LogP) is 6.94. The number of nitrogens with zero attached hydrogens (tertiary/aromatic N) is 3. The van der Waals surface area contributed by atoms with Gasteiger partial charge in [-0.05, 0) is 105 Å². The van der Waals surface area contributed by atoms with Gasteiger partial charge in [0.15, 0.2) is 5.11 Å². The molecule has 1 aliphatic rings. The highest BCUT2D eigenvalue weighted by Crippen LogP contribution is 2.44. The van der Waals surface area contributed by atoms with Crippen LogP contribution in [0.15, 0.2) is 72.9 Å². The van der Waals surface area contributed by atoms with Gasteiger partial charge in [0.2, 0.25) is 0 Å². The topological polar surface area (TPSA) is 42.3 Å². The first kappa shape index (κ1) is 25.0. The van der Waals surface area contributed by atoms with Gasteiger partial charge in [0.05, 0.1) is 30.1 Å². The van der Waals surface area contributed by atoms with Gasteiger partial charge in [-0.2, -0.15) is 0 Å². The van der Waals surface area contributed by atoms with E-state index in [-0.39, 0.29) is 12.1 Å². The molecule has 3 heterocycles. The number of aromatic nitrogens is 2. The summed E-state index contributed by atoms with van der Waals surface area (Å²) in [7, 11) is 0. The third kappa shape index (κ3) is 4.51. The average Bonchev–Trinajstić information content (AvgIpc) is 3.40. The van der Waals surface area contributed by atoms with Crippen LogP contribution in [0.1, 0.15) is 59.7 Å². The van der Waals surface area contributed by atoms with E-state index < -0.39 is 0 Å². The monoisotopic (exact) mass is 510 g/mol. The van der Waals surface area contributed by atoms with Gasteiger partial charge >= 0.3 is 0 Å². The first-order valence-corrected chi connectivity index (χ1v) is 13.4. The first-order valence-electron chi connectivity index (χ1n) is 13.0. The Kier molecular flexibility index (Phi) is 7.02. The summed E-state index contributed by atoms with van der Waals surface area (Å²) in [5.74, 6) is 0.854. The van der Waals surface area contributed by atoms with Crippen LogP contribution in [0, 0.1) is 20.8 Å². The van der Waals surface area contributed by atoms with E-state index >= 15 is 0 Å². The molecule has 2 aromatic heterocycles. The Morgan fingerprint density at radius 2 is 1.76 bits per heavy atom. The molecular formula is C31H34N4OS. The van der Waals surface area contributed by atoms with E-state index in [0.29, 0.717) is 11.7 Å². The van der Waals surface area contributed by atoms with Crippen molar-refractivity contribution >= 4 is 23.0 Å². The highest BCUT2D eigenvalue weighted by Gasteiger charge is 2.42. The van der Waals surface area contributed by atoms with E-state index in [1.165, 1.54) is 33.8 Å². The second-order valence-electron chi connectivity index (χ2n) is 9.52. The SMILES string of the molecule is CCOc1ccc(N2C(=S)N[C@@H](c3ccccn3)[C@@H]2c2cc(C)n(-c3c(C)cccc3CC)c2C)cc1. The van der Waals surface area contributed by atoms with Crippen LogP contribution >= 0.6 is 12.2 Å². The highest BCUT2D eigenvalue weighted by atomic mass is 32.1. The van der Waals surface area contributed by atoms with Crippen LogP contribution in [0.4, 0.5) is 5.69 Å². The molecule has 5 nitrogen and oxygen atoms in total. The fourth-order valence-corrected chi connectivity index (χ4v) is 5.92. The van der Waals surface area contributed by atoms with Crippen LogP contribution in [0.3, 0.4) is 0 Å². The number of anilines is 1. The van der Waals surface area contributed by atoms with Crippen molar-refractivity contribution in [2.75, 3.05) is 11.5 Å². The lowest BCUT2D eigenvalue weighted by Gasteiger charge is -2.28. The highest BCUT2D eigenvalue weighted by molar-refractivity contribution is 7.80. The number of benzene rings is 2. The van der Waals surface area contributed by atoms with E-state index in [1.807, 2.05) is 37.4 Å². The molecule has 1 fully saturated rings. The van der Waals surface area contributed by atoms with Crippen molar-refractivity contribution in [2.24, 2.45) is 0 Å². The summed E-state index contributed by atoms with van der Waals surface area (Å²) in [4.78, 5) is 6.95. The fraction of sp³-hybridized carbons (Fsp3) is 0.290. The van der Waals surface area contributed by atoms with E-state index in [0.717, 1.165) is 23.6 Å². The number of thiocarbonyl (C=S) groups is 1. The maximum Gasteiger partial charge on any atom is 0.174 e. The maximum absolute atomic E-state index is 5.95. The molecule has 2 atom stereocenters. The Bertz CT molecular complexity index is 1410. The van der Waals surface area contributed by atoms with Crippen LogP contribution in [-0.4, -0.2) is 21.3 Å². The number of para-hydroxylation sites is 1. The van der Waals surface area contributed by atoms with Gasteiger partial charge in [0.1, 0.15) is 5.75 Å². The molecule has 1 saturated heterocycles. The number of nitrogens with one attached hydrogen (secondary N) is 1. The Morgan fingerprint density at radius 1 is 0.973 bits per heavy atom. The van der Waals surface area contributed by atoms with Gasteiger partial charge in [0, 0.05) is 23.3 Å². The summed E-state index contributed by atoms with van der Waals surface area (Å²) in [6.45, 7) is 11.5. The number of ether oxygens (including phenoxy) is 1. The molecule has 0 spiro atoms. The van der Waals surface area contributed by atoms with Gasteiger partial charge in [-0.15, -0.1) is 0 Å². The molecule has 37 heavy (non-hydrogen) atoms. The normalized spacial score (nSPS) is 17.2. The Balaban J connectivity index is 1.67. The third-order valence-electron chi connectivity index (χ3n) is 7.24.